The smallest absolute Gasteiger partial charge is 0.262 e. The van der Waals surface area contributed by atoms with E-state index in [0.29, 0.717) is 11.4 Å². The minimum Gasteiger partial charge on any atom is -0.484 e. The Hall–Kier alpha value is -2.38. The molecule has 2 aromatic rings. The Bertz CT molecular complexity index is 937. The van der Waals surface area contributed by atoms with Crippen molar-refractivity contribution in [2.45, 2.75) is 32.1 Å². The van der Waals surface area contributed by atoms with Crippen LogP contribution in [0.25, 0.3) is 0 Å². The third-order valence-corrected chi connectivity index (χ3v) is 6.16. The number of sulfonamides is 1. The van der Waals surface area contributed by atoms with Crippen LogP contribution in [0.2, 0.25) is 0 Å². The van der Waals surface area contributed by atoms with Gasteiger partial charge in [-0.05, 0) is 61.2 Å². The predicted octanol–water partition coefficient (Wildman–Crippen LogP) is 3.13. The van der Waals surface area contributed by atoms with Crippen LogP contribution in [0, 0.1) is 13.8 Å². The molecule has 0 aromatic heterocycles. The molecule has 0 unspecified atom stereocenters. The first-order valence-corrected chi connectivity index (χ1v) is 10.1. The summed E-state index contributed by atoms with van der Waals surface area (Å²) in [6.45, 7) is 5.54. The number of ether oxygens (including phenoxy) is 1. The third kappa shape index (κ3) is 5.08. The van der Waals surface area contributed by atoms with Gasteiger partial charge in [0.15, 0.2) is 6.61 Å². The lowest BCUT2D eigenvalue weighted by molar-refractivity contribution is -0.118. The zero-order chi connectivity index (χ0) is 20.2. The van der Waals surface area contributed by atoms with Crippen LogP contribution in [0.5, 0.6) is 5.75 Å². The van der Waals surface area contributed by atoms with E-state index in [1.54, 1.807) is 12.1 Å². The number of anilines is 1. The zero-order valence-corrected chi connectivity index (χ0v) is 17.2. The van der Waals surface area contributed by atoms with Crippen molar-refractivity contribution < 1.29 is 17.9 Å². The second kappa shape index (κ2) is 8.54. The van der Waals surface area contributed by atoms with E-state index >= 15 is 0 Å². The molecule has 0 saturated carbocycles. The molecule has 2 aromatic carbocycles. The van der Waals surface area contributed by atoms with Crippen molar-refractivity contribution in [2.75, 3.05) is 26.0 Å². The molecule has 0 saturated heterocycles. The van der Waals surface area contributed by atoms with Crippen LogP contribution >= 0.6 is 0 Å². The number of benzene rings is 2. The first-order valence-electron chi connectivity index (χ1n) is 8.70. The van der Waals surface area contributed by atoms with E-state index < -0.39 is 10.0 Å². The van der Waals surface area contributed by atoms with Crippen molar-refractivity contribution in [2.24, 2.45) is 0 Å². The molecule has 0 aliphatic rings. The Morgan fingerprint density at radius 3 is 2.48 bits per heavy atom. The molecule has 0 bridgehead atoms. The third-order valence-electron chi connectivity index (χ3n) is 4.37. The lowest BCUT2D eigenvalue weighted by atomic mass is 10.1. The van der Waals surface area contributed by atoms with Crippen LogP contribution < -0.4 is 10.1 Å². The van der Waals surface area contributed by atoms with E-state index in [9.17, 15) is 13.2 Å². The van der Waals surface area contributed by atoms with Gasteiger partial charge in [-0.2, -0.15) is 0 Å². The van der Waals surface area contributed by atoms with E-state index in [0.717, 1.165) is 27.4 Å². The van der Waals surface area contributed by atoms with Gasteiger partial charge in [-0.1, -0.05) is 19.1 Å². The molecule has 1 N–H and O–H groups in total. The molecule has 1 amide bonds. The summed E-state index contributed by atoms with van der Waals surface area (Å²) in [5, 5.41) is 2.75. The van der Waals surface area contributed by atoms with Crippen LogP contribution in [0.3, 0.4) is 0 Å². The summed E-state index contributed by atoms with van der Waals surface area (Å²) >= 11 is 0. The van der Waals surface area contributed by atoms with Gasteiger partial charge in [-0.15, -0.1) is 0 Å². The first kappa shape index (κ1) is 20.9. The molecule has 0 radical (unpaired) electrons. The largest absolute Gasteiger partial charge is 0.484 e. The molecule has 2 rings (SSSR count). The normalized spacial score (nSPS) is 11.5. The van der Waals surface area contributed by atoms with Crippen LogP contribution in [-0.2, 0) is 21.2 Å². The van der Waals surface area contributed by atoms with Gasteiger partial charge in [-0.3, -0.25) is 4.79 Å². The molecule has 0 aliphatic carbocycles. The number of rotatable bonds is 7. The van der Waals surface area contributed by atoms with Crippen molar-refractivity contribution in [1.82, 2.24) is 4.31 Å². The molecule has 6 nitrogen and oxygen atoms in total. The second-order valence-electron chi connectivity index (χ2n) is 6.54. The van der Waals surface area contributed by atoms with E-state index in [-0.39, 0.29) is 17.4 Å². The molecule has 7 heteroatoms. The van der Waals surface area contributed by atoms with Crippen LogP contribution in [-0.4, -0.2) is 39.3 Å². The summed E-state index contributed by atoms with van der Waals surface area (Å²) in [6, 6.07) is 10.7. The fourth-order valence-electron chi connectivity index (χ4n) is 2.51. The molecule has 0 fully saturated rings. The highest BCUT2D eigenvalue weighted by molar-refractivity contribution is 7.89. The highest BCUT2D eigenvalue weighted by Gasteiger charge is 2.20. The van der Waals surface area contributed by atoms with E-state index in [4.69, 9.17) is 4.74 Å². The maximum absolute atomic E-state index is 12.4. The van der Waals surface area contributed by atoms with E-state index in [2.05, 4.69) is 5.32 Å². The summed E-state index contributed by atoms with van der Waals surface area (Å²) in [6.07, 6.45) is 0.884. The maximum atomic E-state index is 12.4. The summed E-state index contributed by atoms with van der Waals surface area (Å²) in [4.78, 5) is 12.4. The number of hydrogen-bond acceptors (Lipinski definition) is 4. The average Bonchev–Trinajstić information content (AvgIpc) is 2.63. The van der Waals surface area contributed by atoms with Gasteiger partial charge in [0.2, 0.25) is 10.0 Å². The number of aryl methyl sites for hydroxylation is 2. The number of carbonyl (C=O) groups is 1. The predicted molar refractivity (Wildman–Crippen MR) is 107 cm³/mol. The molecular formula is C20H26N2O4S. The summed E-state index contributed by atoms with van der Waals surface area (Å²) in [5.41, 5.74) is 3.19. The van der Waals surface area contributed by atoms with Crippen LogP contribution in [0.1, 0.15) is 23.6 Å². The summed E-state index contributed by atoms with van der Waals surface area (Å²) in [7, 11) is -0.640. The fourth-order valence-corrected chi connectivity index (χ4v) is 3.52. The van der Waals surface area contributed by atoms with E-state index in [1.807, 2.05) is 39.0 Å². The molecule has 0 spiro atoms. The second-order valence-corrected chi connectivity index (χ2v) is 8.69. The minimum absolute atomic E-state index is 0.141. The average molecular weight is 391 g/mol. The Kier molecular flexibility index (Phi) is 6.62. The number of nitrogens with zero attached hydrogens (tertiary/aromatic N) is 1. The van der Waals surface area contributed by atoms with Gasteiger partial charge in [-0.25, -0.2) is 12.7 Å². The van der Waals surface area contributed by atoms with Gasteiger partial charge in [0.1, 0.15) is 5.75 Å². The van der Waals surface area contributed by atoms with Crippen molar-refractivity contribution in [3.05, 3.63) is 53.1 Å². The molecule has 0 aliphatic heterocycles. The Morgan fingerprint density at radius 1 is 1.15 bits per heavy atom. The highest BCUT2D eigenvalue weighted by atomic mass is 32.2. The Balaban J connectivity index is 2.16. The highest BCUT2D eigenvalue weighted by Crippen LogP contribution is 2.25. The van der Waals surface area contributed by atoms with Crippen molar-refractivity contribution in [3.63, 3.8) is 0 Å². The topological polar surface area (TPSA) is 75.7 Å². The quantitative estimate of drug-likeness (QED) is 0.788. The summed E-state index contributed by atoms with van der Waals surface area (Å²) < 4.78 is 31.5. The monoisotopic (exact) mass is 390 g/mol. The molecule has 146 valence electrons. The molecular weight excluding hydrogens is 364 g/mol. The van der Waals surface area contributed by atoms with Crippen molar-refractivity contribution in [3.8, 4) is 5.75 Å². The number of hydrogen-bond donors (Lipinski definition) is 1. The number of nitrogens with one attached hydrogen (secondary N) is 1. The van der Waals surface area contributed by atoms with Gasteiger partial charge in [0.05, 0.1) is 4.90 Å². The fraction of sp³-hybridized carbons (Fsp3) is 0.350. The summed E-state index contributed by atoms with van der Waals surface area (Å²) in [5.74, 6) is 0.278. The van der Waals surface area contributed by atoms with Crippen LogP contribution in [0.4, 0.5) is 5.69 Å². The first-order chi connectivity index (χ1) is 12.6. The van der Waals surface area contributed by atoms with Gasteiger partial charge < -0.3 is 10.1 Å². The van der Waals surface area contributed by atoms with Crippen LogP contribution in [0.15, 0.2) is 41.3 Å². The zero-order valence-electron chi connectivity index (χ0n) is 16.4. The molecule has 0 heterocycles. The number of carbonyl (C=O) groups excluding carboxylic acids is 1. The van der Waals surface area contributed by atoms with Crippen molar-refractivity contribution >= 4 is 21.6 Å². The molecule has 0 atom stereocenters. The maximum Gasteiger partial charge on any atom is 0.262 e. The minimum atomic E-state index is -3.59. The Labute approximate surface area is 161 Å². The van der Waals surface area contributed by atoms with Crippen molar-refractivity contribution in [1.29, 1.82) is 0 Å². The van der Waals surface area contributed by atoms with Gasteiger partial charge in [0.25, 0.3) is 5.91 Å². The standard InChI is InChI=1S/C20H26N2O4S/c1-6-16-8-7-9-17(11-16)26-13-20(23)21-19-12-18(10-14(2)15(19)3)27(24,25)22(4)5/h7-12H,6,13H2,1-5H3,(H,21,23). The van der Waals surface area contributed by atoms with Gasteiger partial charge in [0, 0.05) is 19.8 Å². The lowest BCUT2D eigenvalue weighted by Gasteiger charge is -2.16. The van der Waals surface area contributed by atoms with Gasteiger partial charge >= 0.3 is 0 Å². The lowest BCUT2D eigenvalue weighted by Crippen LogP contribution is -2.24. The van der Waals surface area contributed by atoms with E-state index in [1.165, 1.54) is 20.2 Å². The molecule has 27 heavy (non-hydrogen) atoms. The SMILES string of the molecule is CCc1cccc(OCC(=O)Nc2cc(S(=O)(=O)N(C)C)cc(C)c2C)c1. The Morgan fingerprint density at radius 2 is 1.85 bits per heavy atom. The number of amides is 1.